The number of alkyl halides is 2. The third kappa shape index (κ3) is 3.66. The smallest absolute Gasteiger partial charge is 0.315 e. The number of carbonyl (C=O) groups excluding carboxylic acids is 2. The highest BCUT2D eigenvalue weighted by Crippen LogP contribution is 2.50. The molecule has 2 saturated carbocycles. The maximum atomic E-state index is 12.8. The summed E-state index contributed by atoms with van der Waals surface area (Å²) in [5, 5.41) is 5.41. The van der Waals surface area contributed by atoms with E-state index >= 15 is 0 Å². The molecule has 3 amide bonds. The fraction of sp³-hybridized carbons (Fsp3) is 0.579. The molecule has 1 aromatic carbocycles. The van der Waals surface area contributed by atoms with Gasteiger partial charge < -0.3 is 15.5 Å². The van der Waals surface area contributed by atoms with E-state index in [0.717, 1.165) is 6.42 Å². The SMILES string of the molecule is O=C(NCCC1CC1(F)F)NC1CC(=O)N(C2CC2c2ccccc2)C1. The summed E-state index contributed by atoms with van der Waals surface area (Å²) in [5.41, 5.74) is 1.25. The topological polar surface area (TPSA) is 61.4 Å². The molecule has 1 aliphatic heterocycles. The van der Waals surface area contributed by atoms with Gasteiger partial charge in [-0.25, -0.2) is 13.6 Å². The molecule has 0 aromatic heterocycles. The first kappa shape index (κ1) is 17.2. The molecule has 1 heterocycles. The van der Waals surface area contributed by atoms with Crippen LogP contribution in [-0.2, 0) is 4.79 Å². The number of halogens is 2. The molecule has 140 valence electrons. The average Bonchev–Trinajstić information content (AvgIpc) is 3.47. The van der Waals surface area contributed by atoms with Crippen LogP contribution in [0.2, 0.25) is 0 Å². The van der Waals surface area contributed by atoms with Crippen LogP contribution in [0.15, 0.2) is 30.3 Å². The minimum atomic E-state index is -2.55. The molecule has 2 N–H and O–H groups in total. The van der Waals surface area contributed by atoms with Crippen LogP contribution in [0.3, 0.4) is 0 Å². The summed E-state index contributed by atoms with van der Waals surface area (Å²) in [7, 11) is 0. The Morgan fingerprint density at radius 1 is 1.27 bits per heavy atom. The van der Waals surface area contributed by atoms with Crippen molar-refractivity contribution >= 4 is 11.9 Å². The van der Waals surface area contributed by atoms with E-state index in [9.17, 15) is 18.4 Å². The summed E-state index contributed by atoms with van der Waals surface area (Å²) in [5.74, 6) is -2.70. The van der Waals surface area contributed by atoms with E-state index in [1.165, 1.54) is 5.56 Å². The van der Waals surface area contributed by atoms with Crippen molar-refractivity contribution in [3.05, 3.63) is 35.9 Å². The zero-order valence-corrected chi connectivity index (χ0v) is 14.5. The fourth-order valence-corrected chi connectivity index (χ4v) is 3.91. The summed E-state index contributed by atoms with van der Waals surface area (Å²) >= 11 is 0. The first-order valence-corrected chi connectivity index (χ1v) is 9.20. The van der Waals surface area contributed by atoms with Crippen LogP contribution in [0.4, 0.5) is 13.6 Å². The monoisotopic (exact) mass is 363 g/mol. The Hall–Kier alpha value is -2.18. The molecule has 0 spiro atoms. The number of nitrogens with zero attached hydrogens (tertiary/aromatic N) is 1. The molecule has 3 aliphatic rings. The average molecular weight is 363 g/mol. The van der Waals surface area contributed by atoms with Gasteiger partial charge in [0.2, 0.25) is 5.91 Å². The van der Waals surface area contributed by atoms with Crippen LogP contribution in [-0.4, -0.2) is 47.9 Å². The summed E-state index contributed by atoms with van der Waals surface area (Å²) in [4.78, 5) is 26.1. The summed E-state index contributed by atoms with van der Waals surface area (Å²) in [6.07, 6.45) is 1.47. The number of likely N-dealkylation sites (tertiary alicyclic amines) is 1. The van der Waals surface area contributed by atoms with Gasteiger partial charge in [-0.3, -0.25) is 4.79 Å². The molecule has 0 radical (unpaired) electrons. The Labute approximate surface area is 151 Å². The molecule has 1 aromatic rings. The van der Waals surface area contributed by atoms with Gasteiger partial charge in [-0.15, -0.1) is 0 Å². The lowest BCUT2D eigenvalue weighted by molar-refractivity contribution is -0.128. The first-order chi connectivity index (χ1) is 12.4. The zero-order valence-electron chi connectivity index (χ0n) is 14.5. The van der Waals surface area contributed by atoms with E-state index in [-0.39, 0.29) is 43.4 Å². The van der Waals surface area contributed by atoms with Crippen molar-refractivity contribution in [1.82, 2.24) is 15.5 Å². The molecule has 1 saturated heterocycles. The van der Waals surface area contributed by atoms with E-state index in [2.05, 4.69) is 22.8 Å². The van der Waals surface area contributed by atoms with Crippen LogP contribution in [0.25, 0.3) is 0 Å². The van der Waals surface area contributed by atoms with Crippen molar-refractivity contribution in [2.45, 2.75) is 49.6 Å². The van der Waals surface area contributed by atoms with Crippen LogP contribution < -0.4 is 10.6 Å². The summed E-state index contributed by atoms with van der Waals surface area (Å²) < 4.78 is 25.6. The maximum absolute atomic E-state index is 12.8. The largest absolute Gasteiger partial charge is 0.338 e. The highest BCUT2D eigenvalue weighted by atomic mass is 19.3. The molecule has 26 heavy (non-hydrogen) atoms. The number of rotatable bonds is 6. The quantitative estimate of drug-likeness (QED) is 0.816. The Morgan fingerprint density at radius 3 is 2.69 bits per heavy atom. The van der Waals surface area contributed by atoms with Gasteiger partial charge >= 0.3 is 6.03 Å². The van der Waals surface area contributed by atoms with E-state index in [4.69, 9.17) is 0 Å². The minimum absolute atomic E-state index is 0.0661. The van der Waals surface area contributed by atoms with Gasteiger partial charge in [-0.2, -0.15) is 0 Å². The van der Waals surface area contributed by atoms with Crippen molar-refractivity contribution < 1.29 is 18.4 Å². The molecule has 0 bridgehead atoms. The molecule has 2 aliphatic carbocycles. The number of hydrogen-bond donors (Lipinski definition) is 2. The van der Waals surface area contributed by atoms with E-state index < -0.39 is 11.8 Å². The lowest BCUT2D eigenvalue weighted by Gasteiger charge is -2.17. The molecule has 4 unspecified atom stereocenters. The van der Waals surface area contributed by atoms with Gasteiger partial charge in [0.15, 0.2) is 0 Å². The predicted molar refractivity (Wildman–Crippen MR) is 91.9 cm³/mol. The van der Waals surface area contributed by atoms with E-state index in [0.29, 0.717) is 18.9 Å². The number of hydrogen-bond acceptors (Lipinski definition) is 2. The highest BCUT2D eigenvalue weighted by Gasteiger charge is 2.56. The van der Waals surface area contributed by atoms with Gasteiger partial charge in [-0.1, -0.05) is 30.3 Å². The van der Waals surface area contributed by atoms with Crippen LogP contribution in [0, 0.1) is 5.92 Å². The normalized spacial score (nSPS) is 31.6. The molecule has 4 rings (SSSR count). The predicted octanol–water partition coefficient (Wildman–Crippen LogP) is 2.49. The second-order valence-electron chi connectivity index (χ2n) is 7.62. The number of benzene rings is 1. The van der Waals surface area contributed by atoms with Crippen LogP contribution in [0.1, 0.15) is 37.2 Å². The van der Waals surface area contributed by atoms with Crippen molar-refractivity contribution in [3.8, 4) is 0 Å². The first-order valence-electron chi connectivity index (χ1n) is 9.20. The maximum Gasteiger partial charge on any atom is 0.315 e. The van der Waals surface area contributed by atoms with Gasteiger partial charge in [0.05, 0.1) is 6.04 Å². The van der Waals surface area contributed by atoms with Crippen molar-refractivity contribution in [3.63, 3.8) is 0 Å². The number of urea groups is 1. The standard InChI is InChI=1S/C19H23F2N3O2/c20-19(21)10-13(19)6-7-22-18(26)23-14-8-17(25)24(11-14)16-9-15(16)12-4-2-1-3-5-12/h1-5,13-16H,6-11H2,(H2,22,23,26). The Balaban J connectivity index is 1.20. The van der Waals surface area contributed by atoms with Gasteiger partial charge in [-0.05, 0) is 18.4 Å². The number of nitrogens with one attached hydrogen (secondary N) is 2. The van der Waals surface area contributed by atoms with Gasteiger partial charge in [0.25, 0.3) is 5.92 Å². The molecule has 5 nitrogen and oxygen atoms in total. The lowest BCUT2D eigenvalue weighted by Crippen LogP contribution is -2.44. The number of amides is 3. The molecular weight excluding hydrogens is 340 g/mol. The highest BCUT2D eigenvalue weighted by molar-refractivity contribution is 5.82. The Morgan fingerprint density at radius 2 is 2.00 bits per heavy atom. The Kier molecular flexibility index (Phi) is 4.32. The van der Waals surface area contributed by atoms with Crippen LogP contribution >= 0.6 is 0 Å². The minimum Gasteiger partial charge on any atom is -0.338 e. The third-order valence-electron chi connectivity index (χ3n) is 5.61. The molecule has 4 atom stereocenters. The molecule has 3 fully saturated rings. The second-order valence-corrected chi connectivity index (χ2v) is 7.62. The molecular formula is C19H23F2N3O2. The van der Waals surface area contributed by atoms with Crippen molar-refractivity contribution in [2.75, 3.05) is 13.1 Å². The molecule has 7 heteroatoms. The third-order valence-corrected chi connectivity index (χ3v) is 5.61. The summed E-state index contributed by atoms with van der Waals surface area (Å²) in [6, 6.07) is 9.76. The second kappa shape index (κ2) is 6.52. The van der Waals surface area contributed by atoms with E-state index in [1.807, 2.05) is 23.1 Å². The lowest BCUT2D eigenvalue weighted by atomic mass is 10.1. The van der Waals surface area contributed by atoms with Crippen molar-refractivity contribution in [1.29, 1.82) is 0 Å². The Bertz CT molecular complexity index is 697. The number of carbonyl (C=O) groups is 2. The van der Waals surface area contributed by atoms with Crippen molar-refractivity contribution in [2.24, 2.45) is 5.92 Å². The van der Waals surface area contributed by atoms with Gasteiger partial charge in [0.1, 0.15) is 0 Å². The summed E-state index contributed by atoms with van der Waals surface area (Å²) in [6.45, 7) is 0.746. The van der Waals surface area contributed by atoms with Crippen LogP contribution in [0.5, 0.6) is 0 Å². The fourth-order valence-electron chi connectivity index (χ4n) is 3.91. The zero-order chi connectivity index (χ0) is 18.3. The van der Waals surface area contributed by atoms with Gasteiger partial charge in [0, 0.05) is 43.8 Å². The van der Waals surface area contributed by atoms with E-state index in [1.54, 1.807) is 0 Å².